The van der Waals surface area contributed by atoms with E-state index in [0.29, 0.717) is 28.9 Å². The molecule has 0 aliphatic carbocycles. The van der Waals surface area contributed by atoms with Gasteiger partial charge in [0.05, 0.1) is 24.9 Å². The van der Waals surface area contributed by atoms with Gasteiger partial charge in [0.25, 0.3) is 0 Å². The van der Waals surface area contributed by atoms with E-state index < -0.39 is 0 Å². The molecule has 1 N–H and O–H groups in total. The average Bonchev–Trinajstić information content (AvgIpc) is 2.70. The number of methoxy groups -OCH3 is 2. The second-order valence-electron chi connectivity index (χ2n) is 6.05. The predicted molar refractivity (Wildman–Crippen MR) is 85.8 cm³/mol. The second-order valence-corrected chi connectivity index (χ2v) is 6.46. The summed E-state index contributed by atoms with van der Waals surface area (Å²) in [5.41, 5.74) is 0.956. The van der Waals surface area contributed by atoms with Gasteiger partial charge in [-0.15, -0.1) is 0 Å². The standard InChI is InChI=1S/C16H23ClN2O2/c1-19-11-4-5-12(19)7-10(6-11)18-14-8-13(17)15(20-2)9-16(14)21-3/h8-12,18H,4-7H2,1-3H3. The van der Waals surface area contributed by atoms with Crippen molar-refractivity contribution in [1.29, 1.82) is 0 Å². The van der Waals surface area contributed by atoms with Gasteiger partial charge in [-0.3, -0.25) is 0 Å². The topological polar surface area (TPSA) is 33.7 Å². The molecule has 2 saturated heterocycles. The van der Waals surface area contributed by atoms with E-state index in [1.807, 2.05) is 12.1 Å². The lowest BCUT2D eigenvalue weighted by Crippen LogP contribution is -2.44. The van der Waals surface area contributed by atoms with Crippen LogP contribution in [0.1, 0.15) is 25.7 Å². The highest BCUT2D eigenvalue weighted by atomic mass is 35.5. The molecule has 0 aromatic heterocycles. The first-order valence-corrected chi connectivity index (χ1v) is 7.90. The molecular weight excluding hydrogens is 288 g/mol. The SMILES string of the molecule is COc1cc(OC)c(NC2CC3CCC(C2)N3C)cc1Cl. The fourth-order valence-corrected chi connectivity index (χ4v) is 3.96. The van der Waals surface area contributed by atoms with E-state index in [4.69, 9.17) is 21.1 Å². The molecule has 2 atom stereocenters. The zero-order valence-electron chi connectivity index (χ0n) is 12.9. The maximum atomic E-state index is 6.24. The summed E-state index contributed by atoms with van der Waals surface area (Å²) in [5, 5.41) is 4.23. The largest absolute Gasteiger partial charge is 0.495 e. The van der Waals surface area contributed by atoms with Crippen molar-refractivity contribution in [3.05, 3.63) is 17.2 Å². The second kappa shape index (κ2) is 5.93. The molecule has 3 rings (SSSR count). The van der Waals surface area contributed by atoms with Gasteiger partial charge >= 0.3 is 0 Å². The van der Waals surface area contributed by atoms with Crippen LogP contribution in [-0.2, 0) is 0 Å². The first kappa shape index (κ1) is 14.8. The van der Waals surface area contributed by atoms with Gasteiger partial charge in [0, 0.05) is 24.2 Å². The number of hydrogen-bond donors (Lipinski definition) is 1. The Kier molecular flexibility index (Phi) is 4.18. The number of hydrogen-bond acceptors (Lipinski definition) is 4. The summed E-state index contributed by atoms with van der Waals surface area (Å²) in [5.74, 6) is 1.42. The van der Waals surface area contributed by atoms with Crippen LogP contribution in [0.25, 0.3) is 0 Å². The van der Waals surface area contributed by atoms with Crippen molar-refractivity contribution in [3.8, 4) is 11.5 Å². The van der Waals surface area contributed by atoms with Gasteiger partial charge < -0.3 is 19.7 Å². The summed E-state index contributed by atoms with van der Waals surface area (Å²) in [4.78, 5) is 2.54. The van der Waals surface area contributed by atoms with E-state index in [9.17, 15) is 0 Å². The van der Waals surface area contributed by atoms with Gasteiger partial charge in [0.2, 0.25) is 0 Å². The number of rotatable bonds is 4. The minimum atomic E-state index is 0.483. The Hall–Kier alpha value is -1.13. The first-order valence-electron chi connectivity index (χ1n) is 7.52. The van der Waals surface area contributed by atoms with Crippen LogP contribution in [0.3, 0.4) is 0 Å². The highest BCUT2D eigenvalue weighted by molar-refractivity contribution is 6.32. The maximum Gasteiger partial charge on any atom is 0.145 e. The third-order valence-corrected chi connectivity index (χ3v) is 5.23. The monoisotopic (exact) mass is 310 g/mol. The summed E-state index contributed by atoms with van der Waals surface area (Å²) in [7, 11) is 5.54. The predicted octanol–water partition coefficient (Wildman–Crippen LogP) is 3.39. The summed E-state index contributed by atoms with van der Waals surface area (Å²) in [6.45, 7) is 0. The Morgan fingerprint density at radius 1 is 1.10 bits per heavy atom. The van der Waals surface area contributed by atoms with Crippen LogP contribution in [0.2, 0.25) is 5.02 Å². The van der Waals surface area contributed by atoms with Crippen LogP contribution in [0.4, 0.5) is 5.69 Å². The number of benzene rings is 1. The third kappa shape index (κ3) is 2.79. The molecule has 116 valence electrons. The van der Waals surface area contributed by atoms with Crippen LogP contribution in [0, 0.1) is 0 Å². The molecule has 2 aliphatic rings. The quantitative estimate of drug-likeness (QED) is 0.924. The first-order chi connectivity index (χ1) is 10.1. The molecule has 2 bridgehead atoms. The van der Waals surface area contributed by atoms with Crippen LogP contribution < -0.4 is 14.8 Å². The molecule has 21 heavy (non-hydrogen) atoms. The van der Waals surface area contributed by atoms with Crippen LogP contribution in [0.5, 0.6) is 11.5 Å². The minimum absolute atomic E-state index is 0.483. The van der Waals surface area contributed by atoms with Crippen LogP contribution in [0.15, 0.2) is 12.1 Å². The van der Waals surface area contributed by atoms with Crippen LogP contribution >= 0.6 is 11.6 Å². The number of ether oxygens (including phenoxy) is 2. The molecule has 2 heterocycles. The van der Waals surface area contributed by atoms with Gasteiger partial charge in [-0.05, 0) is 38.8 Å². The molecule has 2 unspecified atom stereocenters. The highest BCUT2D eigenvalue weighted by Gasteiger charge is 2.38. The number of halogens is 1. The lowest BCUT2D eigenvalue weighted by Gasteiger charge is -2.37. The molecule has 1 aromatic carbocycles. The van der Waals surface area contributed by atoms with E-state index in [-0.39, 0.29) is 0 Å². The van der Waals surface area contributed by atoms with Crippen molar-refractivity contribution in [2.45, 2.75) is 43.8 Å². The van der Waals surface area contributed by atoms with E-state index in [1.54, 1.807) is 14.2 Å². The lowest BCUT2D eigenvalue weighted by atomic mass is 9.97. The number of fused-ring (bicyclic) bond motifs is 2. The van der Waals surface area contributed by atoms with Gasteiger partial charge in [0.15, 0.2) is 0 Å². The third-order valence-electron chi connectivity index (χ3n) is 4.93. The Bertz CT molecular complexity index is 509. The maximum absolute atomic E-state index is 6.24. The number of nitrogens with one attached hydrogen (secondary N) is 1. The summed E-state index contributed by atoms with van der Waals surface area (Å²) in [6.07, 6.45) is 5.00. The average molecular weight is 311 g/mol. The van der Waals surface area contributed by atoms with Crippen molar-refractivity contribution in [1.82, 2.24) is 4.90 Å². The molecule has 0 saturated carbocycles. The van der Waals surface area contributed by atoms with Gasteiger partial charge in [-0.1, -0.05) is 11.6 Å². The summed E-state index contributed by atoms with van der Waals surface area (Å²) < 4.78 is 10.7. The molecule has 4 nitrogen and oxygen atoms in total. The van der Waals surface area contributed by atoms with E-state index >= 15 is 0 Å². The van der Waals surface area contributed by atoms with Crippen molar-refractivity contribution in [2.75, 3.05) is 26.6 Å². The van der Waals surface area contributed by atoms with Gasteiger partial charge in [-0.25, -0.2) is 0 Å². The van der Waals surface area contributed by atoms with E-state index in [2.05, 4.69) is 17.3 Å². The van der Waals surface area contributed by atoms with E-state index in [0.717, 1.165) is 11.4 Å². The molecule has 0 amide bonds. The fraction of sp³-hybridized carbons (Fsp3) is 0.625. The normalized spacial score (nSPS) is 28.5. The van der Waals surface area contributed by atoms with Gasteiger partial charge in [0.1, 0.15) is 11.5 Å². The zero-order valence-corrected chi connectivity index (χ0v) is 13.6. The molecule has 2 aliphatic heterocycles. The molecule has 1 aromatic rings. The number of piperidine rings is 1. The molecule has 0 spiro atoms. The van der Waals surface area contributed by atoms with Crippen molar-refractivity contribution in [3.63, 3.8) is 0 Å². The highest BCUT2D eigenvalue weighted by Crippen LogP contribution is 2.39. The van der Waals surface area contributed by atoms with Crippen molar-refractivity contribution >= 4 is 17.3 Å². The number of anilines is 1. The molecule has 2 fully saturated rings. The number of nitrogens with zero attached hydrogens (tertiary/aromatic N) is 1. The zero-order chi connectivity index (χ0) is 15.0. The Labute approximate surface area is 131 Å². The van der Waals surface area contributed by atoms with Crippen molar-refractivity contribution in [2.24, 2.45) is 0 Å². The fourth-order valence-electron chi connectivity index (χ4n) is 3.72. The Morgan fingerprint density at radius 2 is 1.71 bits per heavy atom. The summed E-state index contributed by atoms with van der Waals surface area (Å²) in [6, 6.07) is 5.65. The summed E-state index contributed by atoms with van der Waals surface area (Å²) >= 11 is 6.24. The lowest BCUT2D eigenvalue weighted by molar-refractivity contribution is 0.169. The van der Waals surface area contributed by atoms with Gasteiger partial charge in [-0.2, -0.15) is 0 Å². The Balaban J connectivity index is 1.77. The minimum Gasteiger partial charge on any atom is -0.495 e. The Morgan fingerprint density at radius 3 is 2.29 bits per heavy atom. The van der Waals surface area contributed by atoms with Crippen LogP contribution in [-0.4, -0.2) is 44.3 Å². The smallest absolute Gasteiger partial charge is 0.145 e. The van der Waals surface area contributed by atoms with E-state index in [1.165, 1.54) is 25.7 Å². The molecule has 0 radical (unpaired) electrons. The molecular formula is C16H23ClN2O2. The molecule has 5 heteroatoms. The van der Waals surface area contributed by atoms with Crippen molar-refractivity contribution < 1.29 is 9.47 Å².